The van der Waals surface area contributed by atoms with Crippen molar-refractivity contribution in [2.24, 2.45) is 11.8 Å². The van der Waals surface area contributed by atoms with Gasteiger partial charge >= 0.3 is 0 Å². The molecule has 1 atom stereocenters. The van der Waals surface area contributed by atoms with Crippen molar-refractivity contribution in [3.05, 3.63) is 58.6 Å². The Hall–Kier alpha value is -1.97. The first-order valence-corrected chi connectivity index (χ1v) is 10.5. The van der Waals surface area contributed by atoms with Gasteiger partial charge in [-0.15, -0.1) is 0 Å². The molecule has 1 aliphatic carbocycles. The van der Waals surface area contributed by atoms with Crippen LogP contribution in [0, 0.1) is 11.8 Å². The standard InChI is InChI=1S/C24H25ClO3/c1-2-15-3-4-17(16-5-7-20(25)8-6-16)11-21(15)24-22(26)12-19(13-23(24)27)18-9-10-28-14-18/h3-8,11,18-19,24H,2,9-10,12-14H2,1H3. The van der Waals surface area contributed by atoms with Gasteiger partial charge in [0.2, 0.25) is 0 Å². The summed E-state index contributed by atoms with van der Waals surface area (Å²) in [6.07, 6.45) is 2.73. The van der Waals surface area contributed by atoms with Crippen molar-refractivity contribution in [3.63, 3.8) is 0 Å². The highest BCUT2D eigenvalue weighted by molar-refractivity contribution is 6.30. The molecule has 1 heterocycles. The zero-order valence-electron chi connectivity index (χ0n) is 16.1. The normalized spacial score (nSPS) is 25.3. The second-order valence-corrected chi connectivity index (χ2v) is 8.37. The number of carbonyl (C=O) groups is 2. The maximum absolute atomic E-state index is 13.1. The van der Waals surface area contributed by atoms with E-state index in [0.717, 1.165) is 41.7 Å². The minimum atomic E-state index is -0.624. The number of ether oxygens (including phenoxy) is 1. The van der Waals surface area contributed by atoms with Crippen LogP contribution in [0.15, 0.2) is 42.5 Å². The molecule has 1 unspecified atom stereocenters. The Balaban J connectivity index is 1.65. The molecule has 2 aromatic rings. The topological polar surface area (TPSA) is 43.4 Å². The zero-order valence-corrected chi connectivity index (χ0v) is 16.9. The van der Waals surface area contributed by atoms with Gasteiger partial charge in [-0.2, -0.15) is 0 Å². The molecule has 2 aromatic carbocycles. The fraction of sp³-hybridized carbons (Fsp3) is 0.417. The Morgan fingerprint density at radius 2 is 1.64 bits per heavy atom. The van der Waals surface area contributed by atoms with Crippen molar-refractivity contribution in [1.29, 1.82) is 0 Å². The van der Waals surface area contributed by atoms with E-state index in [9.17, 15) is 9.59 Å². The molecule has 28 heavy (non-hydrogen) atoms. The molecule has 0 amide bonds. The van der Waals surface area contributed by atoms with Crippen LogP contribution in [-0.4, -0.2) is 24.8 Å². The van der Waals surface area contributed by atoms with Crippen LogP contribution in [0.1, 0.15) is 43.2 Å². The van der Waals surface area contributed by atoms with Crippen LogP contribution >= 0.6 is 11.6 Å². The first kappa shape index (κ1) is 19.4. The number of hydrogen-bond acceptors (Lipinski definition) is 3. The minimum Gasteiger partial charge on any atom is -0.381 e. The van der Waals surface area contributed by atoms with Crippen molar-refractivity contribution in [1.82, 2.24) is 0 Å². The summed E-state index contributed by atoms with van der Waals surface area (Å²) >= 11 is 6.01. The average molecular weight is 397 g/mol. The van der Waals surface area contributed by atoms with E-state index in [1.165, 1.54) is 0 Å². The molecule has 0 spiro atoms. The summed E-state index contributed by atoms with van der Waals surface area (Å²) in [6, 6.07) is 13.8. The molecular formula is C24H25ClO3. The van der Waals surface area contributed by atoms with Crippen molar-refractivity contribution in [2.75, 3.05) is 13.2 Å². The van der Waals surface area contributed by atoms with Gasteiger partial charge in [-0.25, -0.2) is 0 Å². The number of Topliss-reactive ketones (excluding diaryl/α,β-unsaturated/α-hetero) is 2. The first-order valence-electron chi connectivity index (χ1n) is 10.1. The fourth-order valence-corrected chi connectivity index (χ4v) is 4.74. The minimum absolute atomic E-state index is 0.0658. The number of aryl methyl sites for hydroxylation is 1. The third kappa shape index (κ3) is 3.78. The molecule has 0 radical (unpaired) electrons. The molecule has 4 rings (SSSR count). The highest BCUT2D eigenvalue weighted by Crippen LogP contribution is 2.39. The van der Waals surface area contributed by atoms with Gasteiger partial charge in [0.25, 0.3) is 0 Å². The maximum atomic E-state index is 13.1. The van der Waals surface area contributed by atoms with E-state index in [1.54, 1.807) is 0 Å². The lowest BCUT2D eigenvalue weighted by atomic mass is 9.71. The second-order valence-electron chi connectivity index (χ2n) is 7.93. The van der Waals surface area contributed by atoms with Crippen molar-refractivity contribution in [3.8, 4) is 11.1 Å². The van der Waals surface area contributed by atoms with Gasteiger partial charge in [0.1, 0.15) is 17.5 Å². The van der Waals surface area contributed by atoms with Crippen LogP contribution in [-0.2, 0) is 20.7 Å². The Labute approximate surface area is 171 Å². The SMILES string of the molecule is CCc1ccc(-c2ccc(Cl)cc2)cc1C1C(=O)CC(C2CCOC2)CC1=O. The molecule has 1 aliphatic heterocycles. The number of hydrogen-bond donors (Lipinski definition) is 0. The molecule has 0 bridgehead atoms. The lowest BCUT2D eigenvalue weighted by Crippen LogP contribution is -2.35. The Bertz CT molecular complexity index is 863. The van der Waals surface area contributed by atoms with Crippen LogP contribution in [0.2, 0.25) is 5.02 Å². The summed E-state index contributed by atoms with van der Waals surface area (Å²) in [7, 11) is 0. The van der Waals surface area contributed by atoms with Crippen molar-refractivity contribution < 1.29 is 14.3 Å². The van der Waals surface area contributed by atoms with Crippen molar-refractivity contribution >= 4 is 23.2 Å². The molecule has 0 aromatic heterocycles. The van der Waals surface area contributed by atoms with Crippen LogP contribution < -0.4 is 0 Å². The summed E-state index contributed by atoms with van der Waals surface area (Å²) < 4.78 is 5.47. The van der Waals surface area contributed by atoms with Crippen LogP contribution in [0.5, 0.6) is 0 Å². The summed E-state index contributed by atoms with van der Waals surface area (Å²) in [5.74, 6) is -0.00356. The maximum Gasteiger partial charge on any atom is 0.148 e. The third-order valence-electron chi connectivity index (χ3n) is 6.22. The van der Waals surface area contributed by atoms with E-state index in [-0.39, 0.29) is 17.5 Å². The average Bonchev–Trinajstić information content (AvgIpc) is 3.23. The van der Waals surface area contributed by atoms with Gasteiger partial charge < -0.3 is 4.74 Å². The van der Waals surface area contributed by atoms with E-state index < -0.39 is 5.92 Å². The molecule has 0 N–H and O–H groups in total. The lowest BCUT2D eigenvalue weighted by Gasteiger charge is -2.30. The van der Waals surface area contributed by atoms with E-state index in [2.05, 4.69) is 19.1 Å². The highest BCUT2D eigenvalue weighted by Gasteiger charge is 2.40. The quantitative estimate of drug-likeness (QED) is 0.664. The van der Waals surface area contributed by atoms with E-state index in [0.29, 0.717) is 30.4 Å². The number of carbonyl (C=O) groups excluding carboxylic acids is 2. The first-order chi connectivity index (χ1) is 13.6. The molecular weight excluding hydrogens is 372 g/mol. The van der Waals surface area contributed by atoms with Crippen LogP contribution in [0.4, 0.5) is 0 Å². The summed E-state index contributed by atoms with van der Waals surface area (Å²) in [6.45, 7) is 3.50. The predicted octanol–water partition coefficient (Wildman–Crippen LogP) is 5.24. The molecule has 146 valence electrons. The van der Waals surface area contributed by atoms with Gasteiger partial charge in [-0.3, -0.25) is 9.59 Å². The smallest absolute Gasteiger partial charge is 0.148 e. The van der Waals surface area contributed by atoms with Crippen LogP contribution in [0.25, 0.3) is 11.1 Å². The highest BCUT2D eigenvalue weighted by atomic mass is 35.5. The summed E-state index contributed by atoms with van der Waals surface area (Å²) in [5, 5.41) is 0.689. The molecule has 2 fully saturated rings. The fourth-order valence-electron chi connectivity index (χ4n) is 4.62. The Morgan fingerprint density at radius 1 is 0.964 bits per heavy atom. The Morgan fingerprint density at radius 3 is 2.25 bits per heavy atom. The van der Waals surface area contributed by atoms with Gasteiger partial charge in [0.05, 0.1) is 0 Å². The number of halogens is 1. The van der Waals surface area contributed by atoms with Gasteiger partial charge in [-0.1, -0.05) is 42.8 Å². The monoisotopic (exact) mass is 396 g/mol. The molecule has 1 saturated carbocycles. The lowest BCUT2D eigenvalue weighted by molar-refractivity contribution is -0.134. The Kier molecular flexibility index (Phi) is 5.65. The second kappa shape index (κ2) is 8.18. The zero-order chi connectivity index (χ0) is 19.7. The third-order valence-corrected chi connectivity index (χ3v) is 6.47. The predicted molar refractivity (Wildman–Crippen MR) is 111 cm³/mol. The largest absolute Gasteiger partial charge is 0.381 e. The van der Waals surface area contributed by atoms with Gasteiger partial charge in [0, 0.05) is 31.1 Å². The molecule has 2 aliphatic rings. The number of benzene rings is 2. The van der Waals surface area contributed by atoms with E-state index >= 15 is 0 Å². The van der Waals surface area contributed by atoms with E-state index in [4.69, 9.17) is 16.3 Å². The van der Waals surface area contributed by atoms with Gasteiger partial charge in [0.15, 0.2) is 0 Å². The molecule has 3 nitrogen and oxygen atoms in total. The number of rotatable bonds is 4. The number of ketones is 2. The van der Waals surface area contributed by atoms with Gasteiger partial charge in [-0.05, 0) is 65.1 Å². The molecule has 4 heteroatoms. The van der Waals surface area contributed by atoms with Crippen LogP contribution in [0.3, 0.4) is 0 Å². The summed E-state index contributed by atoms with van der Waals surface area (Å²) in [5.41, 5.74) is 4.00. The van der Waals surface area contributed by atoms with Crippen molar-refractivity contribution in [2.45, 2.75) is 38.5 Å². The molecule has 1 saturated heterocycles. The van der Waals surface area contributed by atoms with E-state index in [1.807, 2.05) is 30.3 Å². The summed E-state index contributed by atoms with van der Waals surface area (Å²) in [4.78, 5) is 26.1.